The van der Waals surface area contributed by atoms with Gasteiger partial charge in [0.2, 0.25) is 0 Å². The third kappa shape index (κ3) is 2.03. The van der Waals surface area contributed by atoms with Crippen LogP contribution in [0.1, 0.15) is 19.8 Å². The molecular formula is C10H20N2O. The molecule has 0 aromatic heterocycles. The fourth-order valence-corrected chi connectivity index (χ4v) is 2.47. The van der Waals surface area contributed by atoms with Gasteiger partial charge in [0.05, 0.1) is 0 Å². The Labute approximate surface area is 80.2 Å². The molecule has 2 aliphatic rings. The molecule has 3 nitrogen and oxygen atoms in total. The van der Waals surface area contributed by atoms with E-state index in [-0.39, 0.29) is 0 Å². The number of hydrogen-bond donors (Lipinski definition) is 2. The first-order valence-electron chi connectivity index (χ1n) is 5.35. The van der Waals surface area contributed by atoms with Gasteiger partial charge in [-0.15, -0.1) is 0 Å². The minimum Gasteiger partial charge on any atom is -0.381 e. The molecule has 0 aromatic carbocycles. The lowest BCUT2D eigenvalue weighted by atomic mass is 9.79. The minimum atomic E-state index is 0.308. The molecule has 0 aliphatic carbocycles. The molecule has 2 saturated heterocycles. The van der Waals surface area contributed by atoms with Crippen LogP contribution in [0.5, 0.6) is 0 Å². The predicted octanol–water partition coefficient (Wildman–Crippen LogP) is 0.365. The first-order valence-corrected chi connectivity index (χ1v) is 5.35. The molecular weight excluding hydrogens is 164 g/mol. The summed E-state index contributed by atoms with van der Waals surface area (Å²) in [4.78, 5) is 0. The van der Waals surface area contributed by atoms with Crippen molar-refractivity contribution in [3.8, 4) is 0 Å². The Morgan fingerprint density at radius 3 is 2.62 bits per heavy atom. The molecule has 0 spiro atoms. The van der Waals surface area contributed by atoms with Gasteiger partial charge in [-0.2, -0.15) is 0 Å². The average Bonchev–Trinajstić information content (AvgIpc) is 2.20. The van der Waals surface area contributed by atoms with Crippen molar-refractivity contribution in [1.29, 1.82) is 0 Å². The molecule has 3 heteroatoms. The molecule has 2 aliphatic heterocycles. The second-order valence-electron chi connectivity index (χ2n) is 4.41. The van der Waals surface area contributed by atoms with E-state index in [2.05, 4.69) is 17.6 Å². The molecule has 0 aromatic rings. The van der Waals surface area contributed by atoms with Crippen LogP contribution in [0.25, 0.3) is 0 Å². The maximum Gasteiger partial charge on any atom is 0.0469 e. The standard InChI is InChI=1S/C10H20N2O/c1-10(8-11-4-5-12-10)9-2-6-13-7-3-9/h9,11-12H,2-8H2,1H3. The van der Waals surface area contributed by atoms with Crippen LogP contribution in [0.4, 0.5) is 0 Å². The van der Waals surface area contributed by atoms with Crippen molar-refractivity contribution in [2.75, 3.05) is 32.8 Å². The average molecular weight is 184 g/mol. The summed E-state index contributed by atoms with van der Waals surface area (Å²) in [7, 11) is 0. The highest BCUT2D eigenvalue weighted by molar-refractivity contribution is 4.95. The smallest absolute Gasteiger partial charge is 0.0469 e. The van der Waals surface area contributed by atoms with E-state index in [0.29, 0.717) is 5.54 Å². The summed E-state index contributed by atoms with van der Waals surface area (Å²) < 4.78 is 5.39. The van der Waals surface area contributed by atoms with Crippen LogP contribution < -0.4 is 10.6 Å². The summed E-state index contributed by atoms with van der Waals surface area (Å²) in [5, 5.41) is 7.12. The molecule has 0 bridgehead atoms. The number of ether oxygens (including phenoxy) is 1. The van der Waals surface area contributed by atoms with Crippen LogP contribution in [-0.2, 0) is 4.74 Å². The van der Waals surface area contributed by atoms with Crippen molar-refractivity contribution < 1.29 is 4.74 Å². The summed E-state index contributed by atoms with van der Waals surface area (Å²) in [5.41, 5.74) is 0.308. The quantitative estimate of drug-likeness (QED) is 0.617. The van der Waals surface area contributed by atoms with E-state index in [1.807, 2.05) is 0 Å². The van der Waals surface area contributed by atoms with Crippen LogP contribution in [0.3, 0.4) is 0 Å². The van der Waals surface area contributed by atoms with Gasteiger partial charge in [0.15, 0.2) is 0 Å². The van der Waals surface area contributed by atoms with E-state index in [1.54, 1.807) is 0 Å². The number of nitrogens with one attached hydrogen (secondary N) is 2. The molecule has 2 heterocycles. The van der Waals surface area contributed by atoms with Gasteiger partial charge in [0.1, 0.15) is 0 Å². The first-order chi connectivity index (χ1) is 6.31. The van der Waals surface area contributed by atoms with Crippen molar-refractivity contribution in [3.05, 3.63) is 0 Å². The van der Waals surface area contributed by atoms with Crippen molar-refractivity contribution in [1.82, 2.24) is 10.6 Å². The molecule has 13 heavy (non-hydrogen) atoms. The molecule has 1 unspecified atom stereocenters. The molecule has 2 fully saturated rings. The van der Waals surface area contributed by atoms with Crippen molar-refractivity contribution in [2.24, 2.45) is 5.92 Å². The maximum absolute atomic E-state index is 5.39. The number of rotatable bonds is 1. The van der Waals surface area contributed by atoms with E-state index < -0.39 is 0 Å². The minimum absolute atomic E-state index is 0.308. The molecule has 0 amide bonds. The lowest BCUT2D eigenvalue weighted by Gasteiger charge is -2.43. The van der Waals surface area contributed by atoms with Crippen LogP contribution in [0, 0.1) is 5.92 Å². The van der Waals surface area contributed by atoms with Crippen LogP contribution in [0.2, 0.25) is 0 Å². The fourth-order valence-electron chi connectivity index (χ4n) is 2.47. The van der Waals surface area contributed by atoms with E-state index >= 15 is 0 Å². The second kappa shape index (κ2) is 3.95. The number of hydrogen-bond acceptors (Lipinski definition) is 3. The molecule has 2 rings (SSSR count). The van der Waals surface area contributed by atoms with Crippen LogP contribution in [-0.4, -0.2) is 38.4 Å². The van der Waals surface area contributed by atoms with Gasteiger partial charge in [0, 0.05) is 38.4 Å². The zero-order valence-corrected chi connectivity index (χ0v) is 8.44. The highest BCUT2D eigenvalue weighted by Gasteiger charge is 2.35. The van der Waals surface area contributed by atoms with E-state index in [0.717, 1.165) is 38.8 Å². The second-order valence-corrected chi connectivity index (χ2v) is 4.41. The fraction of sp³-hybridized carbons (Fsp3) is 1.00. The largest absolute Gasteiger partial charge is 0.381 e. The van der Waals surface area contributed by atoms with Gasteiger partial charge < -0.3 is 15.4 Å². The predicted molar refractivity (Wildman–Crippen MR) is 52.8 cm³/mol. The topological polar surface area (TPSA) is 33.3 Å². The van der Waals surface area contributed by atoms with Gasteiger partial charge >= 0.3 is 0 Å². The first kappa shape index (κ1) is 9.44. The third-order valence-corrected chi connectivity index (χ3v) is 3.45. The Hall–Kier alpha value is -0.120. The zero-order valence-electron chi connectivity index (χ0n) is 8.44. The van der Waals surface area contributed by atoms with Crippen LogP contribution >= 0.6 is 0 Å². The lowest BCUT2D eigenvalue weighted by Crippen LogP contribution is -2.61. The van der Waals surface area contributed by atoms with Gasteiger partial charge in [-0.3, -0.25) is 0 Å². The van der Waals surface area contributed by atoms with Crippen molar-refractivity contribution in [2.45, 2.75) is 25.3 Å². The van der Waals surface area contributed by atoms with Gasteiger partial charge in [0.25, 0.3) is 0 Å². The van der Waals surface area contributed by atoms with Gasteiger partial charge in [-0.05, 0) is 25.7 Å². The Kier molecular flexibility index (Phi) is 2.86. The highest BCUT2D eigenvalue weighted by Crippen LogP contribution is 2.27. The zero-order chi connectivity index (χ0) is 9.15. The van der Waals surface area contributed by atoms with Crippen molar-refractivity contribution >= 4 is 0 Å². The third-order valence-electron chi connectivity index (χ3n) is 3.45. The van der Waals surface area contributed by atoms with E-state index in [9.17, 15) is 0 Å². The monoisotopic (exact) mass is 184 g/mol. The maximum atomic E-state index is 5.39. The summed E-state index contributed by atoms with van der Waals surface area (Å²) in [6, 6.07) is 0. The molecule has 76 valence electrons. The Morgan fingerprint density at radius 1 is 1.23 bits per heavy atom. The van der Waals surface area contributed by atoms with Crippen molar-refractivity contribution in [3.63, 3.8) is 0 Å². The summed E-state index contributed by atoms with van der Waals surface area (Å²) >= 11 is 0. The SMILES string of the molecule is CC1(C2CCOCC2)CNCCN1. The Morgan fingerprint density at radius 2 is 2.00 bits per heavy atom. The molecule has 1 atom stereocenters. The van der Waals surface area contributed by atoms with E-state index in [1.165, 1.54) is 12.8 Å². The molecule has 2 N–H and O–H groups in total. The highest BCUT2D eigenvalue weighted by atomic mass is 16.5. The molecule has 0 saturated carbocycles. The lowest BCUT2D eigenvalue weighted by molar-refractivity contribution is 0.0289. The summed E-state index contributed by atoms with van der Waals surface area (Å²) in [6.45, 7) is 7.56. The van der Waals surface area contributed by atoms with Crippen LogP contribution in [0.15, 0.2) is 0 Å². The summed E-state index contributed by atoms with van der Waals surface area (Å²) in [6.07, 6.45) is 2.43. The molecule has 0 radical (unpaired) electrons. The van der Waals surface area contributed by atoms with Gasteiger partial charge in [-0.25, -0.2) is 0 Å². The Balaban J connectivity index is 1.94. The Bertz CT molecular complexity index is 160. The van der Waals surface area contributed by atoms with Gasteiger partial charge in [-0.1, -0.05) is 0 Å². The van der Waals surface area contributed by atoms with E-state index in [4.69, 9.17) is 4.74 Å². The number of piperazine rings is 1. The summed E-state index contributed by atoms with van der Waals surface area (Å²) in [5.74, 6) is 0.786. The normalized spacial score (nSPS) is 37.6.